The molecule has 1 fully saturated rings. The highest BCUT2D eigenvalue weighted by molar-refractivity contribution is 7.91. The first-order valence-corrected chi connectivity index (χ1v) is 12.8. The molecule has 0 bridgehead atoms. The van der Waals surface area contributed by atoms with E-state index in [1.807, 2.05) is 25.1 Å². The second-order valence-corrected chi connectivity index (χ2v) is 11.0. The number of thiophene rings is 1. The molecule has 164 valence electrons. The third kappa shape index (κ3) is 5.62. The number of anilines is 1. The van der Waals surface area contributed by atoms with Gasteiger partial charge in [-0.3, -0.25) is 4.79 Å². The molecule has 2 heterocycles. The Morgan fingerprint density at radius 2 is 1.90 bits per heavy atom. The number of amides is 1. The zero-order valence-corrected chi connectivity index (χ0v) is 19.3. The Bertz CT molecular complexity index is 893. The molecule has 1 atom stereocenters. The van der Waals surface area contributed by atoms with Crippen molar-refractivity contribution in [2.75, 3.05) is 38.1 Å². The van der Waals surface area contributed by atoms with Gasteiger partial charge in [-0.15, -0.1) is 11.3 Å². The van der Waals surface area contributed by atoms with Crippen LogP contribution in [0.2, 0.25) is 0 Å². The van der Waals surface area contributed by atoms with Crippen molar-refractivity contribution in [3.8, 4) is 0 Å². The van der Waals surface area contributed by atoms with Crippen LogP contribution in [0.5, 0.6) is 0 Å². The summed E-state index contributed by atoms with van der Waals surface area (Å²) in [6.45, 7) is 4.43. The number of hydrogen-bond donors (Lipinski definition) is 1. The first kappa shape index (κ1) is 22.8. The van der Waals surface area contributed by atoms with Crippen LogP contribution in [0.3, 0.4) is 0 Å². The van der Waals surface area contributed by atoms with Crippen LogP contribution in [0.25, 0.3) is 0 Å². The van der Waals surface area contributed by atoms with Crippen molar-refractivity contribution in [2.24, 2.45) is 11.8 Å². The topological polar surface area (TPSA) is 69.7 Å². The smallest absolute Gasteiger partial charge is 0.252 e. The fourth-order valence-corrected chi connectivity index (χ4v) is 6.48. The Morgan fingerprint density at radius 3 is 2.53 bits per heavy atom. The van der Waals surface area contributed by atoms with Crippen LogP contribution in [0.4, 0.5) is 5.69 Å². The summed E-state index contributed by atoms with van der Waals surface area (Å²) in [5.41, 5.74) is 1.17. The molecule has 8 heteroatoms. The van der Waals surface area contributed by atoms with Crippen molar-refractivity contribution in [3.63, 3.8) is 0 Å². The van der Waals surface area contributed by atoms with E-state index in [0.29, 0.717) is 23.8 Å². The van der Waals surface area contributed by atoms with E-state index in [1.54, 1.807) is 21.8 Å². The van der Waals surface area contributed by atoms with Gasteiger partial charge in [0.25, 0.3) is 10.0 Å². The van der Waals surface area contributed by atoms with Crippen molar-refractivity contribution in [1.82, 2.24) is 9.62 Å². The average Bonchev–Trinajstić information content (AvgIpc) is 3.32. The summed E-state index contributed by atoms with van der Waals surface area (Å²) >= 11 is 1.25. The number of nitrogens with one attached hydrogen (secondary N) is 1. The maximum Gasteiger partial charge on any atom is 0.252 e. The highest BCUT2D eigenvalue weighted by Crippen LogP contribution is 2.29. The summed E-state index contributed by atoms with van der Waals surface area (Å²) in [6.07, 6.45) is 2.31. The van der Waals surface area contributed by atoms with Gasteiger partial charge >= 0.3 is 0 Å². The van der Waals surface area contributed by atoms with E-state index >= 15 is 0 Å². The molecule has 0 aliphatic carbocycles. The van der Waals surface area contributed by atoms with Gasteiger partial charge in [-0.2, -0.15) is 4.31 Å². The normalized spacial score (nSPS) is 16.9. The summed E-state index contributed by atoms with van der Waals surface area (Å²) in [6, 6.07) is 13.6. The van der Waals surface area contributed by atoms with Gasteiger partial charge < -0.3 is 10.2 Å². The van der Waals surface area contributed by atoms with Crippen LogP contribution < -0.4 is 10.2 Å². The van der Waals surface area contributed by atoms with Gasteiger partial charge in [-0.1, -0.05) is 31.2 Å². The Balaban J connectivity index is 1.39. The van der Waals surface area contributed by atoms with Crippen LogP contribution >= 0.6 is 11.3 Å². The molecule has 1 aromatic heterocycles. The van der Waals surface area contributed by atoms with Gasteiger partial charge in [0.15, 0.2) is 0 Å². The van der Waals surface area contributed by atoms with Crippen LogP contribution in [0, 0.1) is 11.8 Å². The number of sulfonamides is 1. The number of hydrogen-bond acceptors (Lipinski definition) is 5. The van der Waals surface area contributed by atoms with Crippen LogP contribution in [0.1, 0.15) is 26.2 Å². The third-order valence-electron chi connectivity index (χ3n) is 5.87. The molecule has 1 aliphatic heterocycles. The van der Waals surface area contributed by atoms with E-state index in [-0.39, 0.29) is 17.7 Å². The van der Waals surface area contributed by atoms with E-state index < -0.39 is 10.0 Å². The van der Waals surface area contributed by atoms with Crippen LogP contribution in [0.15, 0.2) is 52.1 Å². The summed E-state index contributed by atoms with van der Waals surface area (Å²) in [7, 11) is -1.34. The van der Waals surface area contributed by atoms with Gasteiger partial charge in [0, 0.05) is 44.8 Å². The molecule has 6 nitrogen and oxygen atoms in total. The molecule has 1 unspecified atom stereocenters. The fraction of sp³-hybridized carbons (Fsp3) is 0.500. The Labute approximate surface area is 183 Å². The van der Waals surface area contributed by atoms with E-state index in [9.17, 15) is 13.2 Å². The number of nitrogens with zero attached hydrogens (tertiary/aromatic N) is 2. The molecule has 0 radical (unpaired) electrons. The molecule has 1 N–H and O–H groups in total. The first-order valence-electron chi connectivity index (χ1n) is 10.5. The predicted molar refractivity (Wildman–Crippen MR) is 122 cm³/mol. The summed E-state index contributed by atoms with van der Waals surface area (Å²) in [4.78, 5) is 14.7. The lowest BCUT2D eigenvalue weighted by Crippen LogP contribution is -2.42. The van der Waals surface area contributed by atoms with Crippen molar-refractivity contribution < 1.29 is 13.2 Å². The standard InChI is InChI=1S/C22H31N3O3S2/c1-18(22(26)23-13-7-14-24(2)20-8-4-3-5-9-20)19-11-15-25(16-12-19)30(27,28)21-10-6-17-29-21/h3-6,8-10,17-19H,7,11-16H2,1-2H3,(H,23,26). The SMILES string of the molecule is CC(C(=O)NCCCN(C)c1ccccc1)C1CCN(S(=O)(=O)c2cccs2)CC1. The van der Waals surface area contributed by atoms with Gasteiger partial charge in [-0.05, 0) is 48.8 Å². The molecule has 0 spiro atoms. The second-order valence-electron chi connectivity index (χ2n) is 7.86. The fourth-order valence-electron chi connectivity index (χ4n) is 3.87. The minimum atomic E-state index is -3.39. The predicted octanol–water partition coefficient (Wildman–Crippen LogP) is 3.43. The van der Waals surface area contributed by atoms with Gasteiger partial charge in [0.1, 0.15) is 4.21 Å². The van der Waals surface area contributed by atoms with E-state index in [4.69, 9.17) is 0 Å². The molecule has 1 saturated heterocycles. The molecular weight excluding hydrogens is 418 g/mol. The van der Waals surface area contributed by atoms with Gasteiger partial charge in [0.2, 0.25) is 5.91 Å². The zero-order chi connectivity index (χ0) is 21.6. The number of carbonyl (C=O) groups is 1. The Kier molecular flexibility index (Phi) is 7.91. The van der Waals surface area contributed by atoms with Crippen molar-refractivity contribution in [1.29, 1.82) is 0 Å². The quantitative estimate of drug-likeness (QED) is 0.596. The van der Waals surface area contributed by atoms with Crippen molar-refractivity contribution in [2.45, 2.75) is 30.4 Å². The Hall–Kier alpha value is -1.90. The average molecular weight is 450 g/mol. The second kappa shape index (κ2) is 10.4. The Morgan fingerprint density at radius 1 is 1.20 bits per heavy atom. The lowest BCUT2D eigenvalue weighted by atomic mass is 9.85. The molecule has 1 aliphatic rings. The zero-order valence-electron chi connectivity index (χ0n) is 17.7. The number of para-hydroxylation sites is 1. The summed E-state index contributed by atoms with van der Waals surface area (Å²) in [5.74, 6) is 0.173. The van der Waals surface area contributed by atoms with Crippen LogP contribution in [-0.2, 0) is 14.8 Å². The summed E-state index contributed by atoms with van der Waals surface area (Å²) in [5, 5.41) is 4.84. The molecular formula is C22H31N3O3S2. The maximum atomic E-state index is 12.6. The summed E-state index contributed by atoms with van der Waals surface area (Å²) < 4.78 is 27.2. The number of rotatable bonds is 9. The molecule has 0 saturated carbocycles. The monoisotopic (exact) mass is 449 g/mol. The number of piperidine rings is 1. The van der Waals surface area contributed by atoms with E-state index in [0.717, 1.165) is 25.8 Å². The molecule has 1 aromatic carbocycles. The highest BCUT2D eigenvalue weighted by atomic mass is 32.2. The van der Waals surface area contributed by atoms with Crippen molar-refractivity contribution >= 4 is 33.0 Å². The number of carbonyl (C=O) groups excluding carboxylic acids is 1. The van der Waals surface area contributed by atoms with Gasteiger partial charge in [-0.25, -0.2) is 8.42 Å². The minimum absolute atomic E-state index is 0.0666. The highest BCUT2D eigenvalue weighted by Gasteiger charge is 2.33. The van der Waals surface area contributed by atoms with E-state index in [1.165, 1.54) is 17.0 Å². The van der Waals surface area contributed by atoms with Crippen molar-refractivity contribution in [3.05, 3.63) is 47.8 Å². The largest absolute Gasteiger partial charge is 0.375 e. The van der Waals surface area contributed by atoms with Crippen LogP contribution in [-0.4, -0.2) is 51.9 Å². The lowest BCUT2D eigenvalue weighted by molar-refractivity contribution is -0.126. The van der Waals surface area contributed by atoms with E-state index in [2.05, 4.69) is 29.4 Å². The maximum absolute atomic E-state index is 12.6. The minimum Gasteiger partial charge on any atom is -0.375 e. The molecule has 2 aromatic rings. The molecule has 30 heavy (non-hydrogen) atoms. The number of benzene rings is 1. The third-order valence-corrected chi connectivity index (χ3v) is 9.15. The molecule has 1 amide bonds. The van der Waals surface area contributed by atoms with Gasteiger partial charge in [0.05, 0.1) is 0 Å². The lowest BCUT2D eigenvalue weighted by Gasteiger charge is -2.33. The molecule has 3 rings (SSSR count). The first-order chi connectivity index (χ1) is 14.4.